The Bertz CT molecular complexity index is 1320. The lowest BCUT2D eigenvalue weighted by Crippen LogP contribution is -2.32. The first-order valence-electron chi connectivity index (χ1n) is 11.1. The first-order valence-corrected chi connectivity index (χ1v) is 11.8. The molecule has 1 fully saturated rings. The molecular formula is C24H22Cl2F2N6. The normalized spacial score (nSPS) is 16.2. The third-order valence-corrected chi connectivity index (χ3v) is 6.58. The van der Waals surface area contributed by atoms with Gasteiger partial charge < -0.3 is 15.2 Å². The van der Waals surface area contributed by atoms with Crippen molar-refractivity contribution in [3.8, 4) is 11.4 Å². The summed E-state index contributed by atoms with van der Waals surface area (Å²) in [5.41, 5.74) is 2.50. The number of piperidine rings is 1. The van der Waals surface area contributed by atoms with Crippen LogP contribution in [-0.4, -0.2) is 32.6 Å². The van der Waals surface area contributed by atoms with E-state index in [1.165, 1.54) is 6.07 Å². The quantitative estimate of drug-likeness (QED) is 0.354. The molecule has 1 atom stereocenters. The van der Waals surface area contributed by atoms with Crippen LogP contribution in [0.3, 0.4) is 0 Å². The van der Waals surface area contributed by atoms with Crippen molar-refractivity contribution in [2.24, 2.45) is 5.92 Å². The molecule has 0 unspecified atom stereocenters. The number of anilines is 1. The van der Waals surface area contributed by atoms with Gasteiger partial charge >= 0.3 is 0 Å². The number of hydrogen-bond donors (Lipinski definition) is 2. The highest BCUT2D eigenvalue weighted by molar-refractivity contribution is 6.39. The molecule has 1 aliphatic rings. The van der Waals surface area contributed by atoms with Crippen LogP contribution in [0.25, 0.3) is 22.6 Å². The number of aromatic nitrogens is 4. The lowest BCUT2D eigenvalue weighted by Gasteiger charge is -2.24. The van der Waals surface area contributed by atoms with E-state index in [0.29, 0.717) is 56.6 Å². The number of rotatable bonds is 6. The second-order valence-corrected chi connectivity index (χ2v) is 9.17. The number of fused-ring (bicyclic) bond motifs is 1. The summed E-state index contributed by atoms with van der Waals surface area (Å²) in [7, 11) is 0. The first kappa shape index (κ1) is 23.0. The molecule has 176 valence electrons. The van der Waals surface area contributed by atoms with Crippen molar-refractivity contribution in [2.45, 2.75) is 25.9 Å². The van der Waals surface area contributed by atoms with Gasteiger partial charge in [-0.15, -0.1) is 0 Å². The van der Waals surface area contributed by atoms with E-state index in [-0.39, 0.29) is 6.54 Å². The van der Waals surface area contributed by atoms with Crippen LogP contribution < -0.4 is 10.6 Å². The number of imidazole rings is 1. The van der Waals surface area contributed by atoms with Crippen molar-refractivity contribution in [3.05, 3.63) is 69.8 Å². The fourth-order valence-corrected chi connectivity index (χ4v) is 4.81. The van der Waals surface area contributed by atoms with E-state index in [0.717, 1.165) is 38.1 Å². The van der Waals surface area contributed by atoms with E-state index in [9.17, 15) is 8.78 Å². The Morgan fingerprint density at radius 1 is 1.09 bits per heavy atom. The molecule has 2 aromatic heterocycles. The van der Waals surface area contributed by atoms with Crippen molar-refractivity contribution in [1.82, 2.24) is 24.8 Å². The Labute approximate surface area is 205 Å². The maximum Gasteiger partial charge on any atom is 0.225 e. The summed E-state index contributed by atoms with van der Waals surface area (Å²) in [6.45, 7) is 2.86. The molecule has 34 heavy (non-hydrogen) atoms. The van der Waals surface area contributed by atoms with Crippen molar-refractivity contribution >= 4 is 40.3 Å². The van der Waals surface area contributed by atoms with Gasteiger partial charge in [0, 0.05) is 13.1 Å². The second kappa shape index (κ2) is 9.82. The van der Waals surface area contributed by atoms with E-state index in [4.69, 9.17) is 33.2 Å². The number of hydrogen-bond acceptors (Lipinski definition) is 5. The minimum Gasteiger partial charge on any atom is -0.350 e. The third-order valence-electron chi connectivity index (χ3n) is 5.95. The Balaban J connectivity index is 1.52. The second-order valence-electron chi connectivity index (χ2n) is 8.36. The predicted octanol–water partition coefficient (Wildman–Crippen LogP) is 5.69. The topological polar surface area (TPSA) is 67.7 Å². The zero-order chi connectivity index (χ0) is 23.7. The highest BCUT2D eigenvalue weighted by atomic mass is 35.5. The Morgan fingerprint density at radius 3 is 2.65 bits per heavy atom. The molecule has 1 saturated heterocycles. The van der Waals surface area contributed by atoms with Crippen LogP contribution in [0.2, 0.25) is 10.0 Å². The molecule has 3 heterocycles. The van der Waals surface area contributed by atoms with Gasteiger partial charge in [-0.1, -0.05) is 35.3 Å². The lowest BCUT2D eigenvalue weighted by molar-refractivity contribution is 0.341. The molecule has 0 aliphatic carbocycles. The maximum absolute atomic E-state index is 13.5. The monoisotopic (exact) mass is 502 g/mol. The number of benzene rings is 2. The van der Waals surface area contributed by atoms with Gasteiger partial charge in [-0.2, -0.15) is 4.98 Å². The van der Waals surface area contributed by atoms with Gasteiger partial charge in [0.25, 0.3) is 0 Å². The van der Waals surface area contributed by atoms with E-state index in [1.54, 1.807) is 24.4 Å². The van der Waals surface area contributed by atoms with Crippen molar-refractivity contribution < 1.29 is 8.78 Å². The van der Waals surface area contributed by atoms with Crippen LogP contribution >= 0.6 is 23.2 Å². The highest BCUT2D eigenvalue weighted by Crippen LogP contribution is 2.36. The summed E-state index contributed by atoms with van der Waals surface area (Å²) < 4.78 is 28.8. The summed E-state index contributed by atoms with van der Waals surface area (Å²) >= 11 is 13.0. The molecule has 2 aromatic carbocycles. The fraction of sp³-hybridized carbons (Fsp3) is 0.292. The summed E-state index contributed by atoms with van der Waals surface area (Å²) in [4.78, 5) is 13.8. The summed E-state index contributed by atoms with van der Waals surface area (Å²) in [5, 5.41) is 7.55. The SMILES string of the molecule is Fc1ccc(CNc2ncc3nc(-c4c(Cl)cccc4Cl)n(C[C@H]4CCCNC4)c3n2)cc1F. The zero-order valence-electron chi connectivity index (χ0n) is 18.2. The van der Waals surface area contributed by atoms with E-state index < -0.39 is 11.6 Å². The molecule has 6 nitrogen and oxygen atoms in total. The molecule has 0 spiro atoms. The molecule has 0 amide bonds. The Morgan fingerprint density at radius 2 is 1.91 bits per heavy atom. The highest BCUT2D eigenvalue weighted by Gasteiger charge is 2.23. The maximum atomic E-state index is 13.5. The molecule has 0 radical (unpaired) electrons. The summed E-state index contributed by atoms with van der Waals surface area (Å²) in [6, 6.07) is 9.14. The van der Waals surface area contributed by atoms with Crippen molar-refractivity contribution in [1.29, 1.82) is 0 Å². The van der Waals surface area contributed by atoms with Gasteiger partial charge in [-0.3, -0.25) is 0 Å². The lowest BCUT2D eigenvalue weighted by atomic mass is 9.99. The van der Waals surface area contributed by atoms with Gasteiger partial charge in [0.05, 0.1) is 21.8 Å². The minimum absolute atomic E-state index is 0.243. The van der Waals surface area contributed by atoms with E-state index in [2.05, 4.69) is 15.6 Å². The average molecular weight is 503 g/mol. The van der Waals surface area contributed by atoms with E-state index in [1.807, 2.05) is 4.57 Å². The third kappa shape index (κ3) is 4.71. The molecular weight excluding hydrogens is 481 g/mol. The Kier molecular flexibility index (Phi) is 6.63. The van der Waals surface area contributed by atoms with Crippen LogP contribution in [0.5, 0.6) is 0 Å². The smallest absolute Gasteiger partial charge is 0.225 e. The molecule has 10 heteroatoms. The van der Waals surface area contributed by atoms with Crippen LogP contribution in [0.1, 0.15) is 18.4 Å². The van der Waals surface area contributed by atoms with Crippen LogP contribution in [-0.2, 0) is 13.1 Å². The summed E-state index contributed by atoms with van der Waals surface area (Å²) in [5.74, 6) is -0.371. The molecule has 0 saturated carbocycles. The minimum atomic E-state index is -0.893. The average Bonchev–Trinajstić information content (AvgIpc) is 3.17. The number of nitrogens with zero attached hydrogens (tertiary/aromatic N) is 4. The van der Waals surface area contributed by atoms with Crippen molar-refractivity contribution in [2.75, 3.05) is 18.4 Å². The molecule has 5 rings (SSSR count). The predicted molar refractivity (Wildman–Crippen MR) is 130 cm³/mol. The van der Waals surface area contributed by atoms with Crippen LogP contribution in [0.4, 0.5) is 14.7 Å². The number of nitrogens with one attached hydrogen (secondary N) is 2. The van der Waals surface area contributed by atoms with Gasteiger partial charge in [-0.05, 0) is 61.7 Å². The summed E-state index contributed by atoms with van der Waals surface area (Å²) in [6.07, 6.45) is 3.84. The largest absolute Gasteiger partial charge is 0.350 e. The van der Waals surface area contributed by atoms with Gasteiger partial charge in [0.15, 0.2) is 17.3 Å². The molecule has 1 aliphatic heterocycles. The van der Waals surface area contributed by atoms with E-state index >= 15 is 0 Å². The van der Waals surface area contributed by atoms with Gasteiger partial charge in [-0.25, -0.2) is 18.7 Å². The fourth-order valence-electron chi connectivity index (χ4n) is 4.25. The van der Waals surface area contributed by atoms with Crippen LogP contribution in [0.15, 0.2) is 42.6 Å². The molecule has 2 N–H and O–H groups in total. The van der Waals surface area contributed by atoms with Gasteiger partial charge in [0.1, 0.15) is 11.3 Å². The number of halogens is 4. The Hall–Kier alpha value is -2.81. The molecule has 0 bridgehead atoms. The standard InChI is InChI=1S/C24H22Cl2F2N6/c25-16-4-1-5-17(26)21(16)23-32-20-12-31-24(30-11-14-6-7-18(27)19(28)9-14)33-22(20)34(23)13-15-3-2-8-29-10-15/h1,4-7,9,12,15,29H,2-3,8,10-11,13H2,(H,30,31,33)/t15-/m0/s1. The van der Waals surface area contributed by atoms with Crippen molar-refractivity contribution in [3.63, 3.8) is 0 Å². The van der Waals surface area contributed by atoms with Gasteiger partial charge in [0.2, 0.25) is 5.95 Å². The zero-order valence-corrected chi connectivity index (χ0v) is 19.7. The first-order chi connectivity index (χ1) is 16.5. The molecule has 4 aromatic rings. The van der Waals surface area contributed by atoms with Crippen LogP contribution in [0, 0.1) is 17.6 Å².